The monoisotopic (exact) mass is 330 g/mol. The SMILES string of the molecule is CSc1ccc(C(=C2CCOC2=O)c2ccc(Cl)cc2)cc1. The molecule has 0 aliphatic carbocycles. The highest BCUT2D eigenvalue weighted by Crippen LogP contribution is 2.33. The van der Waals surface area contributed by atoms with Crippen molar-refractivity contribution in [3.8, 4) is 0 Å². The van der Waals surface area contributed by atoms with Gasteiger partial charge < -0.3 is 4.74 Å². The van der Waals surface area contributed by atoms with Crippen molar-refractivity contribution >= 4 is 34.9 Å². The maximum absolute atomic E-state index is 12.0. The Labute approximate surface area is 139 Å². The number of carbonyl (C=O) groups is 1. The second kappa shape index (κ2) is 6.59. The highest BCUT2D eigenvalue weighted by atomic mass is 35.5. The molecule has 2 nitrogen and oxygen atoms in total. The first-order valence-corrected chi connectivity index (χ1v) is 8.60. The van der Waals surface area contributed by atoms with Crippen LogP contribution in [0.25, 0.3) is 5.57 Å². The molecule has 0 atom stereocenters. The summed E-state index contributed by atoms with van der Waals surface area (Å²) >= 11 is 7.67. The second-order valence-electron chi connectivity index (χ2n) is 4.97. The molecule has 0 saturated carbocycles. The van der Waals surface area contributed by atoms with Gasteiger partial charge in [0.2, 0.25) is 0 Å². The van der Waals surface area contributed by atoms with Gasteiger partial charge in [-0.15, -0.1) is 11.8 Å². The minimum atomic E-state index is -0.223. The van der Waals surface area contributed by atoms with Gasteiger partial charge in [0.1, 0.15) is 0 Å². The molecule has 1 heterocycles. The molecule has 0 spiro atoms. The zero-order chi connectivity index (χ0) is 15.5. The third kappa shape index (κ3) is 3.06. The van der Waals surface area contributed by atoms with Gasteiger partial charge in [-0.2, -0.15) is 0 Å². The standard InChI is InChI=1S/C18H15ClO2S/c1-22-15-8-4-13(5-9-15)17(16-10-11-21-18(16)20)12-2-6-14(19)7-3-12/h2-9H,10-11H2,1H3. The van der Waals surface area contributed by atoms with Gasteiger partial charge in [-0.25, -0.2) is 4.79 Å². The first-order chi connectivity index (χ1) is 10.7. The van der Waals surface area contributed by atoms with E-state index in [4.69, 9.17) is 16.3 Å². The molecule has 1 saturated heterocycles. The van der Waals surface area contributed by atoms with Crippen molar-refractivity contribution in [3.05, 3.63) is 70.3 Å². The van der Waals surface area contributed by atoms with Crippen LogP contribution in [0.4, 0.5) is 0 Å². The zero-order valence-electron chi connectivity index (χ0n) is 12.1. The first-order valence-electron chi connectivity index (χ1n) is 6.99. The van der Waals surface area contributed by atoms with Crippen molar-refractivity contribution in [3.63, 3.8) is 0 Å². The van der Waals surface area contributed by atoms with Gasteiger partial charge in [-0.05, 0) is 47.2 Å². The molecule has 0 radical (unpaired) electrons. The molecular formula is C18H15ClO2S. The van der Waals surface area contributed by atoms with E-state index in [1.54, 1.807) is 11.8 Å². The van der Waals surface area contributed by atoms with E-state index in [0.29, 0.717) is 18.1 Å². The van der Waals surface area contributed by atoms with Crippen LogP contribution in [0.2, 0.25) is 5.02 Å². The van der Waals surface area contributed by atoms with E-state index in [0.717, 1.165) is 22.3 Å². The van der Waals surface area contributed by atoms with Crippen LogP contribution in [0.5, 0.6) is 0 Å². The van der Waals surface area contributed by atoms with Crippen LogP contribution in [0.1, 0.15) is 17.5 Å². The number of thioether (sulfide) groups is 1. The van der Waals surface area contributed by atoms with E-state index in [1.807, 2.05) is 42.7 Å². The van der Waals surface area contributed by atoms with Crippen LogP contribution in [0.3, 0.4) is 0 Å². The molecule has 0 bridgehead atoms. The predicted molar refractivity (Wildman–Crippen MR) is 91.3 cm³/mol. The Balaban J connectivity index is 2.14. The molecule has 3 rings (SSSR count). The number of hydrogen-bond donors (Lipinski definition) is 0. The summed E-state index contributed by atoms with van der Waals surface area (Å²) in [4.78, 5) is 13.2. The molecular weight excluding hydrogens is 316 g/mol. The van der Waals surface area contributed by atoms with Crippen LogP contribution in [0, 0.1) is 0 Å². The lowest BCUT2D eigenvalue weighted by molar-refractivity contribution is -0.135. The molecule has 2 aromatic rings. The fourth-order valence-electron chi connectivity index (χ4n) is 2.55. The maximum Gasteiger partial charge on any atom is 0.334 e. The molecule has 0 N–H and O–H groups in total. The fourth-order valence-corrected chi connectivity index (χ4v) is 3.09. The van der Waals surface area contributed by atoms with Crippen LogP contribution < -0.4 is 0 Å². The predicted octanol–water partition coefficient (Wildman–Crippen LogP) is 4.81. The number of esters is 1. The Morgan fingerprint density at radius 2 is 1.64 bits per heavy atom. The van der Waals surface area contributed by atoms with E-state index in [-0.39, 0.29) is 5.97 Å². The number of rotatable bonds is 3. The van der Waals surface area contributed by atoms with E-state index in [1.165, 1.54) is 4.90 Å². The van der Waals surface area contributed by atoms with Gasteiger partial charge in [-0.1, -0.05) is 35.9 Å². The smallest absolute Gasteiger partial charge is 0.334 e. The van der Waals surface area contributed by atoms with Crippen LogP contribution in [-0.4, -0.2) is 18.8 Å². The third-order valence-corrected chi connectivity index (χ3v) is 4.64. The van der Waals surface area contributed by atoms with Gasteiger partial charge in [-0.3, -0.25) is 0 Å². The van der Waals surface area contributed by atoms with E-state index >= 15 is 0 Å². The summed E-state index contributed by atoms with van der Waals surface area (Å²) in [6.07, 6.45) is 2.68. The van der Waals surface area contributed by atoms with Crippen molar-refractivity contribution in [1.82, 2.24) is 0 Å². The molecule has 0 amide bonds. The molecule has 1 aliphatic rings. The molecule has 0 unspecified atom stereocenters. The van der Waals surface area contributed by atoms with Gasteiger partial charge in [0.05, 0.1) is 6.61 Å². The number of ether oxygens (including phenoxy) is 1. The fraction of sp³-hybridized carbons (Fsp3) is 0.167. The summed E-state index contributed by atoms with van der Waals surface area (Å²) in [6.45, 7) is 0.453. The Bertz CT molecular complexity index is 718. The third-order valence-electron chi connectivity index (χ3n) is 3.64. The van der Waals surface area contributed by atoms with Gasteiger partial charge >= 0.3 is 5.97 Å². The molecule has 0 aromatic heterocycles. The second-order valence-corrected chi connectivity index (χ2v) is 6.29. The molecule has 2 aromatic carbocycles. The Kier molecular flexibility index (Phi) is 4.55. The summed E-state index contributed by atoms with van der Waals surface area (Å²) in [6, 6.07) is 15.8. The first kappa shape index (κ1) is 15.2. The van der Waals surface area contributed by atoms with Gasteiger partial charge in [0.25, 0.3) is 0 Å². The molecule has 22 heavy (non-hydrogen) atoms. The Morgan fingerprint density at radius 3 is 2.14 bits per heavy atom. The summed E-state index contributed by atoms with van der Waals surface area (Å²) in [5.41, 5.74) is 3.68. The van der Waals surface area contributed by atoms with Gasteiger partial charge in [0.15, 0.2) is 0 Å². The Hall–Kier alpha value is -1.71. The topological polar surface area (TPSA) is 26.3 Å². The average Bonchev–Trinajstić information content (AvgIpc) is 2.96. The summed E-state index contributed by atoms with van der Waals surface area (Å²) < 4.78 is 5.13. The minimum Gasteiger partial charge on any atom is -0.462 e. The van der Waals surface area contributed by atoms with Crippen molar-refractivity contribution in [1.29, 1.82) is 0 Å². The minimum absolute atomic E-state index is 0.223. The largest absolute Gasteiger partial charge is 0.462 e. The summed E-state index contributed by atoms with van der Waals surface area (Å²) in [5, 5.41) is 0.680. The lowest BCUT2D eigenvalue weighted by atomic mass is 9.92. The number of cyclic esters (lactones) is 1. The highest BCUT2D eigenvalue weighted by molar-refractivity contribution is 7.98. The summed E-state index contributed by atoms with van der Waals surface area (Å²) in [7, 11) is 0. The number of carbonyl (C=O) groups excluding carboxylic acids is 1. The Morgan fingerprint density at radius 1 is 1.05 bits per heavy atom. The van der Waals surface area contributed by atoms with Crippen molar-refractivity contribution in [2.24, 2.45) is 0 Å². The molecule has 4 heteroatoms. The normalized spacial score (nSPS) is 16.5. The maximum atomic E-state index is 12.0. The molecule has 112 valence electrons. The van der Waals surface area contributed by atoms with Crippen LogP contribution in [0.15, 0.2) is 59.0 Å². The quantitative estimate of drug-likeness (QED) is 0.459. The number of benzene rings is 2. The van der Waals surface area contributed by atoms with Crippen molar-refractivity contribution < 1.29 is 9.53 Å². The van der Waals surface area contributed by atoms with Crippen molar-refractivity contribution in [2.75, 3.05) is 12.9 Å². The van der Waals surface area contributed by atoms with Gasteiger partial charge in [0, 0.05) is 21.9 Å². The lowest BCUT2D eigenvalue weighted by Gasteiger charge is -2.12. The molecule has 1 fully saturated rings. The van der Waals surface area contributed by atoms with E-state index in [9.17, 15) is 4.79 Å². The van der Waals surface area contributed by atoms with Crippen LogP contribution in [-0.2, 0) is 9.53 Å². The average molecular weight is 331 g/mol. The number of hydrogen-bond acceptors (Lipinski definition) is 3. The summed E-state index contributed by atoms with van der Waals surface area (Å²) in [5.74, 6) is -0.223. The van der Waals surface area contributed by atoms with Crippen LogP contribution >= 0.6 is 23.4 Å². The molecule has 1 aliphatic heterocycles. The van der Waals surface area contributed by atoms with Crippen molar-refractivity contribution in [2.45, 2.75) is 11.3 Å². The van der Waals surface area contributed by atoms with E-state index < -0.39 is 0 Å². The zero-order valence-corrected chi connectivity index (χ0v) is 13.7. The number of halogens is 1. The lowest BCUT2D eigenvalue weighted by Crippen LogP contribution is -2.01. The van der Waals surface area contributed by atoms with E-state index in [2.05, 4.69) is 12.1 Å². The highest BCUT2D eigenvalue weighted by Gasteiger charge is 2.24.